The summed E-state index contributed by atoms with van der Waals surface area (Å²) < 4.78 is 0. The van der Waals surface area contributed by atoms with Crippen molar-refractivity contribution in [2.75, 3.05) is 0 Å². The van der Waals surface area contributed by atoms with Crippen molar-refractivity contribution in [3.05, 3.63) is 41.6 Å². The molecule has 0 spiro atoms. The fraction of sp³-hybridized carbons (Fsp3) is 0.143. The van der Waals surface area contributed by atoms with Crippen LogP contribution in [0.3, 0.4) is 0 Å². The zero-order valence-electron chi connectivity index (χ0n) is 5.59. The van der Waals surface area contributed by atoms with E-state index in [1.807, 2.05) is 30.3 Å². The molecule has 2 heteroatoms. The zero-order valence-corrected chi connectivity index (χ0v) is 7.59. The summed E-state index contributed by atoms with van der Waals surface area (Å²) in [5.74, 6) is 0. The van der Waals surface area contributed by atoms with Crippen LogP contribution in [0.4, 0.5) is 0 Å². The predicted molar refractivity (Wildman–Crippen MR) is 34.5 cm³/mol. The monoisotopic (exact) mass is 129 g/mol. The Kier molecular flexibility index (Phi) is 5.10. The van der Waals surface area contributed by atoms with Crippen molar-refractivity contribution in [3.8, 4) is 0 Å². The number of hydrogen-bond acceptors (Lipinski definition) is 0. The van der Waals surface area contributed by atoms with Crippen LogP contribution >= 0.6 is 0 Å². The average Bonchev–Trinajstić information content (AvgIpc) is 1.90. The first-order valence-electron chi connectivity index (χ1n) is 2.62. The summed E-state index contributed by atoms with van der Waals surface area (Å²) in [6.07, 6.45) is 0. The van der Waals surface area contributed by atoms with Gasteiger partial charge in [0, 0.05) is 0 Å². The van der Waals surface area contributed by atoms with Gasteiger partial charge in [-0.15, -0.1) is 6.54 Å². The van der Waals surface area contributed by atoms with Crippen LogP contribution in [-0.2, 0) is 6.54 Å². The Hall–Kier alpha value is 0.180. The molecule has 0 atom stereocenters. The van der Waals surface area contributed by atoms with Crippen molar-refractivity contribution in [1.82, 2.24) is 0 Å². The summed E-state index contributed by atoms with van der Waals surface area (Å²) >= 11 is 0. The molecular formula is C7H8NNa. The summed E-state index contributed by atoms with van der Waals surface area (Å²) in [6, 6.07) is 9.76. The van der Waals surface area contributed by atoms with Crippen molar-refractivity contribution in [2.45, 2.75) is 6.54 Å². The second kappa shape index (κ2) is 5.00. The Morgan fingerprint density at radius 1 is 1.11 bits per heavy atom. The third-order valence-electron chi connectivity index (χ3n) is 1.05. The van der Waals surface area contributed by atoms with Gasteiger partial charge in [0.15, 0.2) is 0 Å². The van der Waals surface area contributed by atoms with Gasteiger partial charge in [-0.25, -0.2) is 0 Å². The van der Waals surface area contributed by atoms with Gasteiger partial charge in [0.1, 0.15) is 0 Å². The molecule has 0 unspecified atom stereocenters. The Morgan fingerprint density at radius 3 is 2.00 bits per heavy atom. The van der Waals surface area contributed by atoms with Crippen molar-refractivity contribution in [1.29, 1.82) is 0 Å². The average molecular weight is 129 g/mol. The molecule has 0 bridgehead atoms. The fourth-order valence-electron chi connectivity index (χ4n) is 0.596. The molecule has 1 N–H and O–H groups in total. The Morgan fingerprint density at radius 2 is 1.67 bits per heavy atom. The third-order valence-corrected chi connectivity index (χ3v) is 1.05. The van der Waals surface area contributed by atoms with E-state index < -0.39 is 0 Å². The topological polar surface area (TPSA) is 23.8 Å². The van der Waals surface area contributed by atoms with Gasteiger partial charge < -0.3 is 5.73 Å². The van der Waals surface area contributed by atoms with Gasteiger partial charge in [-0.1, -0.05) is 35.9 Å². The maximum absolute atomic E-state index is 6.94. The Bertz CT molecular complexity index is 150. The molecule has 1 rings (SSSR count). The largest absolute Gasteiger partial charge is 1.00 e. The van der Waals surface area contributed by atoms with Gasteiger partial charge in [-0.2, -0.15) is 0 Å². The van der Waals surface area contributed by atoms with Crippen LogP contribution in [-0.4, -0.2) is 0 Å². The summed E-state index contributed by atoms with van der Waals surface area (Å²) in [4.78, 5) is 0. The van der Waals surface area contributed by atoms with Crippen molar-refractivity contribution < 1.29 is 29.6 Å². The first kappa shape index (κ1) is 9.18. The van der Waals surface area contributed by atoms with Gasteiger partial charge in [0.05, 0.1) is 0 Å². The van der Waals surface area contributed by atoms with Crippen LogP contribution in [0, 0.1) is 0 Å². The van der Waals surface area contributed by atoms with E-state index in [1.165, 1.54) is 0 Å². The van der Waals surface area contributed by atoms with E-state index >= 15 is 0 Å². The molecule has 0 fully saturated rings. The molecular weight excluding hydrogens is 121 g/mol. The first-order chi connectivity index (χ1) is 3.93. The molecule has 0 saturated heterocycles. The van der Waals surface area contributed by atoms with E-state index in [0.717, 1.165) is 5.56 Å². The van der Waals surface area contributed by atoms with E-state index in [9.17, 15) is 0 Å². The molecule has 0 amide bonds. The van der Waals surface area contributed by atoms with E-state index in [0.29, 0.717) is 6.54 Å². The van der Waals surface area contributed by atoms with Gasteiger partial charge >= 0.3 is 29.6 Å². The molecule has 42 valence electrons. The standard InChI is InChI=1S/C7H8N.Na/c8-6-7-4-2-1-3-5-7;/h1-5,8H,6H2;/q-1;+1. The predicted octanol–water partition coefficient (Wildman–Crippen LogP) is -0.757. The van der Waals surface area contributed by atoms with Crippen molar-refractivity contribution >= 4 is 0 Å². The number of nitrogens with one attached hydrogen (secondary N) is 1. The molecule has 0 saturated carbocycles. The third kappa shape index (κ3) is 3.01. The summed E-state index contributed by atoms with van der Waals surface area (Å²) in [7, 11) is 0. The van der Waals surface area contributed by atoms with E-state index in [-0.39, 0.29) is 29.6 Å². The van der Waals surface area contributed by atoms with E-state index in [2.05, 4.69) is 0 Å². The smallest absolute Gasteiger partial charge is 0.674 e. The molecule has 0 radical (unpaired) electrons. The van der Waals surface area contributed by atoms with E-state index in [1.54, 1.807) is 0 Å². The van der Waals surface area contributed by atoms with Gasteiger partial charge in [-0.3, -0.25) is 0 Å². The van der Waals surface area contributed by atoms with Crippen LogP contribution in [0.2, 0.25) is 0 Å². The summed E-state index contributed by atoms with van der Waals surface area (Å²) in [5, 5.41) is 0. The number of benzene rings is 1. The minimum atomic E-state index is 0. The van der Waals surface area contributed by atoms with Crippen LogP contribution < -0.4 is 29.6 Å². The molecule has 9 heavy (non-hydrogen) atoms. The van der Waals surface area contributed by atoms with Crippen LogP contribution in [0.15, 0.2) is 30.3 Å². The summed E-state index contributed by atoms with van der Waals surface area (Å²) in [6.45, 7) is 0.390. The number of hydrogen-bond donors (Lipinski definition) is 0. The Balaban J connectivity index is 0.000000640. The zero-order chi connectivity index (χ0) is 5.82. The Labute approximate surface area is 77.5 Å². The van der Waals surface area contributed by atoms with Crippen LogP contribution in [0.1, 0.15) is 5.56 Å². The molecule has 0 aliphatic carbocycles. The normalized spacial score (nSPS) is 8.11. The summed E-state index contributed by atoms with van der Waals surface area (Å²) in [5.41, 5.74) is 8.02. The van der Waals surface area contributed by atoms with Crippen LogP contribution in [0.5, 0.6) is 0 Å². The molecule has 1 nitrogen and oxygen atoms in total. The molecule has 1 aromatic rings. The molecule has 1 aromatic carbocycles. The minimum absolute atomic E-state index is 0. The minimum Gasteiger partial charge on any atom is -0.674 e. The van der Waals surface area contributed by atoms with E-state index in [4.69, 9.17) is 5.73 Å². The second-order valence-corrected chi connectivity index (χ2v) is 1.66. The second-order valence-electron chi connectivity index (χ2n) is 1.66. The molecule has 0 aliphatic heterocycles. The van der Waals surface area contributed by atoms with Gasteiger partial charge in [0.25, 0.3) is 0 Å². The van der Waals surface area contributed by atoms with Crippen molar-refractivity contribution in [3.63, 3.8) is 0 Å². The SMILES string of the molecule is [NH-]Cc1ccccc1.[Na+]. The van der Waals surface area contributed by atoms with Crippen molar-refractivity contribution in [2.24, 2.45) is 0 Å². The fourth-order valence-corrected chi connectivity index (χ4v) is 0.596. The maximum Gasteiger partial charge on any atom is 1.00 e. The van der Waals surface area contributed by atoms with Gasteiger partial charge in [-0.05, 0) is 0 Å². The van der Waals surface area contributed by atoms with Crippen LogP contribution in [0.25, 0.3) is 5.73 Å². The van der Waals surface area contributed by atoms with Gasteiger partial charge in [0.2, 0.25) is 0 Å². The first-order valence-corrected chi connectivity index (χ1v) is 2.62. The number of rotatable bonds is 1. The molecule has 0 aliphatic rings. The molecule has 0 aromatic heterocycles. The maximum atomic E-state index is 6.94. The quantitative estimate of drug-likeness (QED) is 0.445. The molecule has 0 heterocycles.